The van der Waals surface area contributed by atoms with Crippen LogP contribution in [-0.4, -0.2) is 11.5 Å². The van der Waals surface area contributed by atoms with Gasteiger partial charge in [0, 0.05) is 35.3 Å². The Morgan fingerprint density at radius 1 is 0.900 bits per heavy atom. The van der Waals surface area contributed by atoms with E-state index in [4.69, 9.17) is 0 Å². The van der Waals surface area contributed by atoms with E-state index in [-0.39, 0.29) is 5.78 Å². The van der Waals surface area contributed by atoms with E-state index in [0.29, 0.717) is 17.9 Å². The summed E-state index contributed by atoms with van der Waals surface area (Å²) in [6.45, 7) is 22.3. The van der Waals surface area contributed by atoms with E-state index in [1.807, 2.05) is 46.0 Å². The van der Waals surface area contributed by atoms with E-state index in [1.54, 1.807) is 12.2 Å². The second-order valence-corrected chi connectivity index (χ2v) is 9.28. The maximum atomic E-state index is 12.0. The van der Waals surface area contributed by atoms with Gasteiger partial charge in [-0.25, -0.2) is 0 Å². The van der Waals surface area contributed by atoms with Crippen LogP contribution in [0.5, 0.6) is 0 Å². The smallest absolute Gasteiger partial charge is 0.162 e. The number of anilines is 2. The molecule has 0 aliphatic carbocycles. The zero-order valence-corrected chi connectivity index (χ0v) is 26.7. The molecule has 0 amide bonds. The third-order valence-corrected chi connectivity index (χ3v) is 6.43. The van der Waals surface area contributed by atoms with Crippen LogP contribution in [0, 0.1) is 5.92 Å². The number of hydrogen-bond donors (Lipinski definition) is 1. The maximum Gasteiger partial charge on any atom is 0.162 e. The lowest BCUT2D eigenvalue weighted by atomic mass is 9.91. The average Bonchev–Trinajstić information content (AvgIpc) is 3.00. The second kappa shape index (κ2) is 22.4. The first kappa shape index (κ1) is 36.5. The number of Topliss-reactive ketones (excluding diaryl/α,β-unsaturated/α-hetero) is 1. The first-order valence-electron chi connectivity index (χ1n) is 15.0. The molecule has 218 valence electrons. The van der Waals surface area contributed by atoms with Crippen LogP contribution in [0.4, 0.5) is 11.4 Å². The fraction of sp³-hybridized carbons (Fsp3) is 0.405. The minimum atomic E-state index is 0.132. The molecule has 0 aromatic heterocycles. The molecule has 0 fully saturated rings. The average molecular weight is 543 g/mol. The summed E-state index contributed by atoms with van der Waals surface area (Å²) in [5.41, 5.74) is 7.82. The van der Waals surface area contributed by atoms with Crippen molar-refractivity contribution in [1.29, 1.82) is 0 Å². The van der Waals surface area contributed by atoms with E-state index in [9.17, 15) is 4.79 Å². The van der Waals surface area contributed by atoms with Crippen LogP contribution in [0.15, 0.2) is 102 Å². The summed E-state index contributed by atoms with van der Waals surface area (Å²) in [5.74, 6) is 0.495. The highest BCUT2D eigenvalue weighted by Gasteiger charge is 2.13. The van der Waals surface area contributed by atoms with E-state index in [2.05, 4.69) is 100 Å². The van der Waals surface area contributed by atoms with Gasteiger partial charge in [-0.15, -0.1) is 0 Å². The molecular weight excluding hydrogens is 488 g/mol. The molecule has 1 atom stereocenters. The number of ketones is 1. The monoisotopic (exact) mass is 542 g/mol. The van der Waals surface area contributed by atoms with Crippen molar-refractivity contribution in [2.45, 2.75) is 94.4 Å². The lowest BCUT2D eigenvalue weighted by Gasteiger charge is -2.14. The van der Waals surface area contributed by atoms with Crippen LogP contribution >= 0.6 is 0 Å². The van der Waals surface area contributed by atoms with Gasteiger partial charge in [-0.05, 0) is 85.6 Å². The lowest BCUT2D eigenvalue weighted by molar-refractivity contribution is -0.115. The van der Waals surface area contributed by atoms with Crippen molar-refractivity contribution in [1.82, 2.24) is 0 Å². The minimum absolute atomic E-state index is 0.132. The highest BCUT2D eigenvalue weighted by molar-refractivity contribution is 6.04. The third kappa shape index (κ3) is 14.1. The molecule has 1 unspecified atom stereocenters. The summed E-state index contributed by atoms with van der Waals surface area (Å²) in [5, 5.41) is 3.41. The molecule has 0 saturated carbocycles. The molecule has 0 radical (unpaired) electrons. The quantitative estimate of drug-likeness (QED) is 0.155. The molecule has 0 saturated heterocycles. The molecule has 0 spiro atoms. The van der Waals surface area contributed by atoms with E-state index in [0.717, 1.165) is 48.3 Å². The third-order valence-electron chi connectivity index (χ3n) is 6.43. The van der Waals surface area contributed by atoms with Gasteiger partial charge in [0.05, 0.1) is 0 Å². The molecule has 0 heterocycles. The fourth-order valence-electron chi connectivity index (χ4n) is 3.70. The van der Waals surface area contributed by atoms with E-state index in [1.165, 1.54) is 11.1 Å². The van der Waals surface area contributed by atoms with E-state index < -0.39 is 0 Å². The van der Waals surface area contributed by atoms with Crippen LogP contribution in [0.3, 0.4) is 0 Å². The summed E-state index contributed by atoms with van der Waals surface area (Å²) in [7, 11) is 0. The number of carbonyl (C=O) groups is 1. The van der Waals surface area contributed by atoms with Gasteiger partial charge in [0.15, 0.2) is 5.78 Å². The standard InChI is InChI=1S/C19H29NO.C16H19N.C2H6/c1-7-11-13-20-16(6)18(15(5)9-3)14-17(12-8-2)19(21)10-4;1-3-13-5-9-15(10-6-13)17-16-11-7-14(4-2)8-12-16;1-2/h8,11-15H,2,7,9-10H2,1,3-6H3;5-12,17H,3-4H2,1-2H3;1-2H3/b13-11-,17-12+,18-14+,20-16-;;. The van der Waals surface area contributed by atoms with Crippen molar-refractivity contribution >= 4 is 22.9 Å². The first-order chi connectivity index (χ1) is 19.3. The largest absolute Gasteiger partial charge is 0.356 e. The van der Waals surface area contributed by atoms with Gasteiger partial charge in [-0.3, -0.25) is 9.79 Å². The van der Waals surface area contributed by atoms with Gasteiger partial charge in [0.2, 0.25) is 0 Å². The molecule has 0 aliphatic rings. The zero-order valence-electron chi connectivity index (χ0n) is 26.7. The molecule has 3 nitrogen and oxygen atoms in total. The number of allylic oxidation sites excluding steroid dienone is 6. The zero-order chi connectivity index (χ0) is 30.3. The molecule has 40 heavy (non-hydrogen) atoms. The summed E-state index contributed by atoms with van der Waals surface area (Å²) in [6.07, 6.45) is 13.9. The van der Waals surface area contributed by atoms with Crippen LogP contribution in [0.25, 0.3) is 0 Å². The molecule has 0 bridgehead atoms. The van der Waals surface area contributed by atoms with Gasteiger partial charge in [-0.2, -0.15) is 0 Å². The van der Waals surface area contributed by atoms with Gasteiger partial charge in [-0.1, -0.05) is 104 Å². The summed E-state index contributed by atoms with van der Waals surface area (Å²) in [4.78, 5) is 16.5. The van der Waals surface area contributed by atoms with Gasteiger partial charge < -0.3 is 5.32 Å². The maximum absolute atomic E-state index is 12.0. The Morgan fingerprint density at radius 3 is 1.77 bits per heavy atom. The number of rotatable bonds is 13. The van der Waals surface area contributed by atoms with Crippen molar-refractivity contribution < 1.29 is 4.79 Å². The lowest BCUT2D eigenvalue weighted by Crippen LogP contribution is -2.09. The Kier molecular flexibility index (Phi) is 20.4. The second-order valence-electron chi connectivity index (χ2n) is 9.28. The number of hydrogen-bond acceptors (Lipinski definition) is 3. The first-order valence-corrected chi connectivity index (χ1v) is 15.0. The minimum Gasteiger partial charge on any atom is -0.356 e. The molecule has 2 aromatic rings. The number of nitrogens with one attached hydrogen (secondary N) is 1. The Morgan fingerprint density at radius 2 is 1.40 bits per heavy atom. The number of aryl methyl sites for hydroxylation is 2. The van der Waals surface area contributed by atoms with Crippen molar-refractivity contribution in [3.8, 4) is 0 Å². The Hall–Kier alpha value is -3.46. The predicted molar refractivity (Wildman–Crippen MR) is 180 cm³/mol. The molecule has 0 aliphatic heterocycles. The van der Waals surface area contributed by atoms with Gasteiger partial charge in [0.25, 0.3) is 0 Å². The number of aliphatic imine (C=N–C) groups is 1. The van der Waals surface area contributed by atoms with Gasteiger partial charge in [0.1, 0.15) is 0 Å². The molecular formula is C37H54N2O. The molecule has 1 N–H and O–H groups in total. The summed E-state index contributed by atoms with van der Waals surface area (Å²) < 4.78 is 0. The Labute approximate surface area is 245 Å². The van der Waals surface area contributed by atoms with Crippen molar-refractivity contribution in [2.24, 2.45) is 10.9 Å². The van der Waals surface area contributed by atoms with Crippen LogP contribution in [0.1, 0.15) is 92.7 Å². The molecule has 3 heteroatoms. The van der Waals surface area contributed by atoms with Crippen LogP contribution < -0.4 is 5.32 Å². The number of nitrogens with zero attached hydrogens (tertiary/aromatic N) is 1. The highest BCUT2D eigenvalue weighted by atomic mass is 16.1. The van der Waals surface area contributed by atoms with Crippen molar-refractivity contribution in [2.75, 3.05) is 5.32 Å². The molecule has 2 rings (SSSR count). The van der Waals surface area contributed by atoms with Crippen molar-refractivity contribution in [3.05, 3.63) is 108 Å². The number of carbonyl (C=O) groups excluding carboxylic acids is 1. The fourth-order valence-corrected chi connectivity index (χ4v) is 3.70. The normalized spacial score (nSPS) is 12.6. The van der Waals surface area contributed by atoms with Crippen molar-refractivity contribution in [3.63, 3.8) is 0 Å². The Bertz CT molecular complexity index is 1050. The predicted octanol–water partition coefficient (Wildman–Crippen LogP) is 11.0. The van der Waals surface area contributed by atoms with Gasteiger partial charge >= 0.3 is 0 Å². The van der Waals surface area contributed by atoms with Crippen LogP contribution in [-0.2, 0) is 17.6 Å². The summed E-state index contributed by atoms with van der Waals surface area (Å²) >= 11 is 0. The highest BCUT2D eigenvalue weighted by Crippen LogP contribution is 2.20. The summed E-state index contributed by atoms with van der Waals surface area (Å²) in [6, 6.07) is 17.2. The Balaban J connectivity index is 0.000000726. The number of benzene rings is 2. The molecule has 2 aromatic carbocycles. The van der Waals surface area contributed by atoms with Crippen LogP contribution in [0.2, 0.25) is 0 Å². The van der Waals surface area contributed by atoms with E-state index >= 15 is 0 Å². The SMILES string of the molecule is C=C\C=C(/C=C(/C(C)=N\C=C/CC)C(C)CC)C(=O)CC.CC.CCc1ccc(Nc2ccc(CC)cc2)cc1. The topological polar surface area (TPSA) is 41.5 Å².